The molecule has 0 aliphatic carbocycles. The maximum Gasteiger partial charge on any atom is 0.282 e. The van der Waals surface area contributed by atoms with Crippen molar-refractivity contribution in [2.24, 2.45) is 5.10 Å². The zero-order chi connectivity index (χ0) is 20.1. The minimum absolute atomic E-state index is 0.0623. The molecule has 0 aromatic heterocycles. The monoisotopic (exact) mass is 389 g/mol. The summed E-state index contributed by atoms with van der Waals surface area (Å²) in [4.78, 5) is 36.4. The number of imide groups is 1. The predicted molar refractivity (Wildman–Crippen MR) is 101 cm³/mol. The van der Waals surface area contributed by atoms with Gasteiger partial charge in [0.25, 0.3) is 17.5 Å². The number of carbonyl (C=O) groups is 2. The molecule has 3 aromatic rings. The molecule has 2 heterocycles. The fourth-order valence-electron chi connectivity index (χ4n) is 3.41. The van der Waals surface area contributed by atoms with E-state index in [0.717, 1.165) is 0 Å². The van der Waals surface area contributed by atoms with Crippen LogP contribution in [0, 0.1) is 10.1 Å². The van der Waals surface area contributed by atoms with E-state index in [9.17, 15) is 19.7 Å². The van der Waals surface area contributed by atoms with Gasteiger partial charge in [0, 0.05) is 17.5 Å². The molecule has 2 amide bonds. The number of nitro benzene ring substituents is 1. The van der Waals surface area contributed by atoms with E-state index in [-0.39, 0.29) is 23.6 Å². The maximum absolute atomic E-state index is 12.9. The zero-order valence-corrected chi connectivity index (χ0v) is 14.7. The van der Waals surface area contributed by atoms with Gasteiger partial charge in [-0.25, -0.2) is 0 Å². The fourth-order valence-corrected chi connectivity index (χ4v) is 3.41. The largest absolute Gasteiger partial charge is 0.454 e. The van der Waals surface area contributed by atoms with Crippen LogP contribution in [0.15, 0.2) is 53.6 Å². The van der Waals surface area contributed by atoms with Gasteiger partial charge < -0.3 is 9.47 Å². The molecular formula is C20H11N3O6. The molecule has 0 spiro atoms. The third-order valence-corrected chi connectivity index (χ3v) is 4.74. The van der Waals surface area contributed by atoms with Crippen LogP contribution in [0.4, 0.5) is 5.69 Å². The van der Waals surface area contributed by atoms with E-state index in [1.807, 2.05) is 0 Å². The van der Waals surface area contributed by atoms with Crippen LogP contribution >= 0.6 is 0 Å². The summed E-state index contributed by atoms with van der Waals surface area (Å²) in [5, 5.41) is 16.8. The second-order valence-corrected chi connectivity index (χ2v) is 6.43. The van der Waals surface area contributed by atoms with Crippen LogP contribution in [-0.2, 0) is 0 Å². The number of non-ortho nitro benzene ring substituents is 1. The van der Waals surface area contributed by atoms with E-state index in [1.54, 1.807) is 36.4 Å². The molecule has 0 saturated heterocycles. The summed E-state index contributed by atoms with van der Waals surface area (Å²) in [5.74, 6) is -0.186. The number of rotatable bonds is 3. The lowest BCUT2D eigenvalue weighted by atomic mass is 9.94. The molecule has 9 heteroatoms. The first-order valence-electron chi connectivity index (χ1n) is 8.56. The average molecular weight is 389 g/mol. The van der Waals surface area contributed by atoms with Gasteiger partial charge in [-0.15, -0.1) is 0 Å². The summed E-state index contributed by atoms with van der Waals surface area (Å²) in [6, 6.07) is 12.4. The van der Waals surface area contributed by atoms with Crippen molar-refractivity contribution in [3.05, 3.63) is 75.3 Å². The molecule has 9 nitrogen and oxygen atoms in total. The summed E-state index contributed by atoms with van der Waals surface area (Å²) >= 11 is 0. The molecule has 0 saturated carbocycles. The summed E-state index contributed by atoms with van der Waals surface area (Å²) < 4.78 is 10.5. The molecule has 0 N–H and O–H groups in total. The number of ether oxygens (including phenoxy) is 2. The molecule has 142 valence electrons. The van der Waals surface area contributed by atoms with Crippen molar-refractivity contribution in [1.29, 1.82) is 0 Å². The molecule has 0 bridgehead atoms. The Balaban J connectivity index is 1.58. The quantitative estimate of drug-likeness (QED) is 0.294. The van der Waals surface area contributed by atoms with Crippen molar-refractivity contribution in [2.75, 3.05) is 6.79 Å². The first-order chi connectivity index (χ1) is 14.0. The van der Waals surface area contributed by atoms with E-state index in [4.69, 9.17) is 9.47 Å². The number of amides is 2. The highest BCUT2D eigenvalue weighted by atomic mass is 16.7. The van der Waals surface area contributed by atoms with Crippen LogP contribution in [-0.4, -0.2) is 34.8 Å². The first-order valence-corrected chi connectivity index (χ1v) is 8.56. The standard InChI is InChI=1S/C20H11N3O6/c24-19-14-3-1-2-12-7-13(23(26)27)8-15(18(12)14)20(25)22(19)21-9-11-4-5-16-17(6-11)29-10-28-16/h1-9H,10H2. The highest BCUT2D eigenvalue weighted by Crippen LogP contribution is 2.34. The van der Waals surface area contributed by atoms with Crippen LogP contribution in [0.5, 0.6) is 11.5 Å². The van der Waals surface area contributed by atoms with Gasteiger partial charge in [-0.1, -0.05) is 12.1 Å². The summed E-state index contributed by atoms with van der Waals surface area (Å²) in [6.07, 6.45) is 1.35. The summed E-state index contributed by atoms with van der Waals surface area (Å²) in [7, 11) is 0. The van der Waals surface area contributed by atoms with Gasteiger partial charge in [0.05, 0.1) is 22.3 Å². The van der Waals surface area contributed by atoms with Crippen LogP contribution < -0.4 is 9.47 Å². The highest BCUT2D eigenvalue weighted by Gasteiger charge is 2.34. The molecule has 2 aliphatic heterocycles. The fraction of sp³-hybridized carbons (Fsp3) is 0.0500. The first kappa shape index (κ1) is 16.9. The Kier molecular flexibility index (Phi) is 3.56. The average Bonchev–Trinajstić information content (AvgIpc) is 3.19. The van der Waals surface area contributed by atoms with Gasteiger partial charge >= 0.3 is 0 Å². The Morgan fingerprint density at radius 3 is 2.62 bits per heavy atom. The van der Waals surface area contributed by atoms with Crippen LogP contribution in [0.2, 0.25) is 0 Å². The van der Waals surface area contributed by atoms with Crippen molar-refractivity contribution < 1.29 is 24.0 Å². The topological polar surface area (TPSA) is 111 Å². The second kappa shape index (κ2) is 6.13. The lowest BCUT2D eigenvalue weighted by Crippen LogP contribution is -2.36. The third kappa shape index (κ3) is 2.59. The van der Waals surface area contributed by atoms with E-state index in [2.05, 4.69) is 5.10 Å². The second-order valence-electron chi connectivity index (χ2n) is 6.43. The molecule has 3 aromatic carbocycles. The zero-order valence-electron chi connectivity index (χ0n) is 14.7. The highest BCUT2D eigenvalue weighted by molar-refractivity contribution is 6.25. The molecule has 29 heavy (non-hydrogen) atoms. The molecule has 0 radical (unpaired) electrons. The van der Waals surface area contributed by atoms with Gasteiger partial charge in [0.15, 0.2) is 11.5 Å². The number of benzene rings is 3. The SMILES string of the molecule is O=C1c2cccc3cc([N+](=O)[O-])cc(c23)C(=O)N1N=Cc1ccc2c(c1)OCO2. The van der Waals surface area contributed by atoms with Crippen LogP contribution in [0.1, 0.15) is 26.3 Å². The maximum atomic E-state index is 12.9. The minimum atomic E-state index is -0.723. The van der Waals surface area contributed by atoms with Crippen LogP contribution in [0.3, 0.4) is 0 Å². The molecule has 5 rings (SSSR count). The lowest BCUT2D eigenvalue weighted by molar-refractivity contribution is -0.384. The van der Waals surface area contributed by atoms with Gasteiger partial charge in [0.2, 0.25) is 6.79 Å². The normalized spacial score (nSPS) is 14.8. The summed E-state index contributed by atoms with van der Waals surface area (Å²) in [6.45, 7) is 0.124. The van der Waals surface area contributed by atoms with Gasteiger partial charge in [-0.05, 0) is 35.2 Å². The van der Waals surface area contributed by atoms with Crippen molar-refractivity contribution in [3.63, 3.8) is 0 Å². The Morgan fingerprint density at radius 2 is 1.79 bits per heavy atom. The van der Waals surface area contributed by atoms with Crippen molar-refractivity contribution in [1.82, 2.24) is 5.01 Å². The Hall–Kier alpha value is -4.27. The van der Waals surface area contributed by atoms with E-state index >= 15 is 0 Å². The van der Waals surface area contributed by atoms with Crippen molar-refractivity contribution in [3.8, 4) is 11.5 Å². The Labute approximate surface area is 162 Å². The van der Waals surface area contributed by atoms with Crippen molar-refractivity contribution >= 4 is 34.5 Å². The number of nitrogens with zero attached hydrogens (tertiary/aromatic N) is 3. The van der Waals surface area contributed by atoms with Gasteiger partial charge in [-0.2, -0.15) is 10.1 Å². The molecular weight excluding hydrogens is 378 g/mol. The van der Waals surface area contributed by atoms with Gasteiger partial charge in [0.1, 0.15) is 0 Å². The molecule has 0 fully saturated rings. The smallest absolute Gasteiger partial charge is 0.282 e. The number of nitro groups is 1. The summed E-state index contributed by atoms with van der Waals surface area (Å²) in [5.41, 5.74) is 0.687. The molecule has 0 atom stereocenters. The number of hydrogen-bond donors (Lipinski definition) is 0. The Morgan fingerprint density at radius 1 is 1.00 bits per heavy atom. The predicted octanol–water partition coefficient (Wildman–Crippen LogP) is 3.11. The lowest BCUT2D eigenvalue weighted by Gasteiger charge is -2.22. The molecule has 2 aliphatic rings. The van der Waals surface area contributed by atoms with E-state index < -0.39 is 16.7 Å². The third-order valence-electron chi connectivity index (χ3n) is 4.74. The minimum Gasteiger partial charge on any atom is -0.454 e. The number of carbonyl (C=O) groups excluding carboxylic acids is 2. The molecule has 0 unspecified atom stereocenters. The van der Waals surface area contributed by atoms with E-state index in [0.29, 0.717) is 32.8 Å². The number of hydrogen-bond acceptors (Lipinski definition) is 7. The van der Waals surface area contributed by atoms with Gasteiger partial charge in [-0.3, -0.25) is 19.7 Å². The Bertz CT molecular complexity index is 1270. The van der Waals surface area contributed by atoms with Crippen LogP contribution in [0.25, 0.3) is 10.8 Å². The van der Waals surface area contributed by atoms with E-state index in [1.165, 1.54) is 18.3 Å². The van der Waals surface area contributed by atoms with Crippen molar-refractivity contribution in [2.45, 2.75) is 0 Å². The number of hydrazone groups is 1. The number of fused-ring (bicyclic) bond motifs is 1.